The molecule has 2 rings (SSSR count). The zero-order valence-electron chi connectivity index (χ0n) is 10.4. The summed E-state index contributed by atoms with van der Waals surface area (Å²) in [5.74, 6) is -0.231. The first kappa shape index (κ1) is 14.0. The van der Waals surface area contributed by atoms with Gasteiger partial charge in [-0.3, -0.25) is 14.6 Å². The summed E-state index contributed by atoms with van der Waals surface area (Å²) in [5, 5.41) is 0. The number of thiophene rings is 1. The Morgan fingerprint density at radius 1 is 1.44 bits per heavy atom. The van der Waals surface area contributed by atoms with Gasteiger partial charge in [0.25, 0.3) is 0 Å². The lowest BCUT2D eigenvalue weighted by Gasteiger charge is -2.36. The Morgan fingerprint density at radius 3 is 2.61 bits per heavy atom. The normalized spacial score (nSPS) is 19.9. The molecule has 0 spiro atoms. The first-order valence-corrected chi connectivity index (χ1v) is 7.67. The molecule has 4 nitrogen and oxygen atoms in total. The summed E-state index contributed by atoms with van der Waals surface area (Å²) in [7, 11) is 0. The molecule has 1 aliphatic rings. The van der Waals surface area contributed by atoms with Crippen LogP contribution < -0.4 is 5.73 Å². The summed E-state index contributed by atoms with van der Waals surface area (Å²) < 4.78 is 1.18. The highest BCUT2D eigenvalue weighted by atomic mass is 79.9. The molecule has 1 unspecified atom stereocenters. The zero-order chi connectivity index (χ0) is 13.1. The third kappa shape index (κ3) is 3.54. The Balaban J connectivity index is 1.81. The predicted molar refractivity (Wildman–Crippen MR) is 77.5 cm³/mol. The zero-order valence-corrected chi connectivity index (χ0v) is 12.8. The summed E-state index contributed by atoms with van der Waals surface area (Å²) >= 11 is 5.26. The van der Waals surface area contributed by atoms with E-state index in [1.807, 2.05) is 6.92 Å². The standard InChI is InChI=1S/C12H18BrN3OS/c1-9(12(14)17)16-6-4-15(5-7-16)8-10-2-3-11(13)18-10/h2-3,9H,4-8H2,1H3,(H2,14,17). The molecule has 1 aliphatic heterocycles. The van der Waals surface area contributed by atoms with Crippen LogP contribution in [0.4, 0.5) is 0 Å². The van der Waals surface area contributed by atoms with Gasteiger partial charge in [-0.2, -0.15) is 0 Å². The van der Waals surface area contributed by atoms with E-state index >= 15 is 0 Å². The van der Waals surface area contributed by atoms with E-state index in [2.05, 4.69) is 37.9 Å². The predicted octanol–water partition coefficient (Wildman–Crippen LogP) is 1.50. The Kier molecular flexibility index (Phi) is 4.77. The Labute approximate surface area is 120 Å². The minimum absolute atomic E-state index is 0.150. The number of amides is 1. The van der Waals surface area contributed by atoms with Crippen molar-refractivity contribution in [3.63, 3.8) is 0 Å². The van der Waals surface area contributed by atoms with Gasteiger partial charge in [-0.05, 0) is 35.0 Å². The van der Waals surface area contributed by atoms with Gasteiger partial charge in [0, 0.05) is 37.6 Å². The second-order valence-corrected chi connectivity index (χ2v) is 7.14. The number of piperazine rings is 1. The maximum absolute atomic E-state index is 11.1. The van der Waals surface area contributed by atoms with Crippen LogP contribution in [0.5, 0.6) is 0 Å². The van der Waals surface area contributed by atoms with Gasteiger partial charge < -0.3 is 5.73 Å². The number of hydrogen-bond donors (Lipinski definition) is 1. The number of halogens is 1. The van der Waals surface area contributed by atoms with Crippen LogP contribution >= 0.6 is 27.3 Å². The van der Waals surface area contributed by atoms with Crippen LogP contribution in [0.1, 0.15) is 11.8 Å². The number of nitrogens with zero attached hydrogens (tertiary/aromatic N) is 2. The molecule has 0 aromatic carbocycles. The van der Waals surface area contributed by atoms with Crippen molar-refractivity contribution in [2.75, 3.05) is 26.2 Å². The van der Waals surface area contributed by atoms with Crippen molar-refractivity contribution in [2.24, 2.45) is 5.73 Å². The van der Waals surface area contributed by atoms with E-state index in [0.29, 0.717) is 0 Å². The number of carbonyl (C=O) groups excluding carboxylic acids is 1. The van der Waals surface area contributed by atoms with Crippen molar-refractivity contribution in [1.29, 1.82) is 0 Å². The molecule has 100 valence electrons. The third-order valence-electron chi connectivity index (χ3n) is 3.37. The molecule has 1 fully saturated rings. The SMILES string of the molecule is CC(C(N)=O)N1CCN(Cc2ccc(Br)s2)CC1. The van der Waals surface area contributed by atoms with E-state index in [0.717, 1.165) is 32.7 Å². The molecule has 2 heterocycles. The second-order valence-electron chi connectivity index (χ2n) is 4.60. The second kappa shape index (κ2) is 6.14. The van der Waals surface area contributed by atoms with Crippen LogP contribution in [0.15, 0.2) is 15.9 Å². The number of hydrogen-bond acceptors (Lipinski definition) is 4. The van der Waals surface area contributed by atoms with Crippen molar-refractivity contribution >= 4 is 33.2 Å². The molecule has 2 N–H and O–H groups in total. The van der Waals surface area contributed by atoms with Crippen LogP contribution in [0.2, 0.25) is 0 Å². The fourth-order valence-electron chi connectivity index (χ4n) is 2.15. The van der Waals surface area contributed by atoms with Gasteiger partial charge >= 0.3 is 0 Å². The molecule has 18 heavy (non-hydrogen) atoms. The fourth-order valence-corrected chi connectivity index (χ4v) is 3.67. The van der Waals surface area contributed by atoms with Crippen LogP contribution in [0, 0.1) is 0 Å². The van der Waals surface area contributed by atoms with E-state index in [4.69, 9.17) is 5.73 Å². The fraction of sp³-hybridized carbons (Fsp3) is 0.583. The quantitative estimate of drug-likeness (QED) is 0.909. The Bertz CT molecular complexity index is 415. The average molecular weight is 332 g/mol. The number of nitrogens with two attached hydrogens (primary N) is 1. The van der Waals surface area contributed by atoms with Gasteiger partial charge in [-0.25, -0.2) is 0 Å². The minimum Gasteiger partial charge on any atom is -0.368 e. The van der Waals surface area contributed by atoms with Gasteiger partial charge in [0.1, 0.15) is 0 Å². The lowest BCUT2D eigenvalue weighted by atomic mass is 10.2. The minimum atomic E-state index is -0.231. The van der Waals surface area contributed by atoms with E-state index in [-0.39, 0.29) is 11.9 Å². The van der Waals surface area contributed by atoms with Gasteiger partial charge in [-0.1, -0.05) is 0 Å². The first-order valence-electron chi connectivity index (χ1n) is 6.06. The molecule has 6 heteroatoms. The van der Waals surface area contributed by atoms with Crippen molar-refractivity contribution in [1.82, 2.24) is 9.80 Å². The van der Waals surface area contributed by atoms with E-state index in [9.17, 15) is 4.79 Å². The summed E-state index contributed by atoms with van der Waals surface area (Å²) in [6, 6.07) is 4.10. The number of rotatable bonds is 4. The molecule has 1 aromatic rings. The van der Waals surface area contributed by atoms with Gasteiger partial charge in [0.05, 0.1) is 9.83 Å². The van der Waals surface area contributed by atoms with Gasteiger partial charge in [-0.15, -0.1) is 11.3 Å². The summed E-state index contributed by atoms with van der Waals surface area (Å²) in [6.07, 6.45) is 0. The van der Waals surface area contributed by atoms with Gasteiger partial charge in [0.15, 0.2) is 0 Å². The highest BCUT2D eigenvalue weighted by Crippen LogP contribution is 2.23. The highest BCUT2D eigenvalue weighted by molar-refractivity contribution is 9.11. The Morgan fingerprint density at radius 2 is 2.11 bits per heavy atom. The van der Waals surface area contributed by atoms with Crippen LogP contribution in [-0.4, -0.2) is 47.9 Å². The average Bonchev–Trinajstić information content (AvgIpc) is 2.75. The molecule has 0 radical (unpaired) electrons. The van der Waals surface area contributed by atoms with Crippen molar-refractivity contribution < 1.29 is 4.79 Å². The molecule has 1 atom stereocenters. The van der Waals surface area contributed by atoms with E-state index in [1.54, 1.807) is 11.3 Å². The van der Waals surface area contributed by atoms with Crippen molar-refractivity contribution in [2.45, 2.75) is 19.5 Å². The monoisotopic (exact) mass is 331 g/mol. The van der Waals surface area contributed by atoms with Crippen LogP contribution in [0.25, 0.3) is 0 Å². The summed E-state index contributed by atoms with van der Waals surface area (Å²) in [6.45, 7) is 6.69. The number of carbonyl (C=O) groups is 1. The highest BCUT2D eigenvalue weighted by Gasteiger charge is 2.24. The van der Waals surface area contributed by atoms with Crippen LogP contribution in [-0.2, 0) is 11.3 Å². The maximum atomic E-state index is 11.1. The number of primary amides is 1. The molecular formula is C12H18BrN3OS. The Hall–Kier alpha value is -0.430. The maximum Gasteiger partial charge on any atom is 0.234 e. The summed E-state index contributed by atoms with van der Waals surface area (Å²) in [4.78, 5) is 17.1. The molecule has 0 aliphatic carbocycles. The molecule has 1 amide bonds. The molecule has 1 saturated heterocycles. The van der Waals surface area contributed by atoms with Gasteiger partial charge in [0.2, 0.25) is 5.91 Å². The lowest BCUT2D eigenvalue weighted by Crippen LogP contribution is -2.52. The lowest BCUT2D eigenvalue weighted by molar-refractivity contribution is -0.123. The van der Waals surface area contributed by atoms with E-state index in [1.165, 1.54) is 8.66 Å². The summed E-state index contributed by atoms with van der Waals surface area (Å²) in [5.41, 5.74) is 5.33. The molecule has 0 bridgehead atoms. The topological polar surface area (TPSA) is 49.6 Å². The molecule has 1 aromatic heterocycles. The van der Waals surface area contributed by atoms with Crippen molar-refractivity contribution in [3.05, 3.63) is 20.8 Å². The smallest absolute Gasteiger partial charge is 0.234 e. The third-order valence-corrected chi connectivity index (χ3v) is 4.98. The first-order chi connectivity index (χ1) is 8.56. The van der Waals surface area contributed by atoms with Crippen LogP contribution in [0.3, 0.4) is 0 Å². The largest absolute Gasteiger partial charge is 0.368 e. The molecule has 0 saturated carbocycles. The van der Waals surface area contributed by atoms with Crippen molar-refractivity contribution in [3.8, 4) is 0 Å². The van der Waals surface area contributed by atoms with E-state index < -0.39 is 0 Å². The molecular weight excluding hydrogens is 314 g/mol.